The van der Waals surface area contributed by atoms with Gasteiger partial charge in [0.05, 0.1) is 6.10 Å². The molecular formula is C14H19NO2. The molecule has 1 saturated carbocycles. The van der Waals surface area contributed by atoms with Crippen molar-refractivity contribution in [3.05, 3.63) is 29.6 Å². The van der Waals surface area contributed by atoms with Crippen LogP contribution in [0.15, 0.2) is 18.3 Å². The monoisotopic (exact) mass is 233 g/mol. The molecule has 0 radical (unpaired) electrons. The molecule has 1 aliphatic rings. The second-order valence-electron chi connectivity index (χ2n) is 5.12. The van der Waals surface area contributed by atoms with Crippen LogP contribution in [0.1, 0.15) is 31.0 Å². The molecule has 3 heteroatoms. The summed E-state index contributed by atoms with van der Waals surface area (Å²) in [6.07, 6.45) is 3.75. The highest BCUT2D eigenvalue weighted by atomic mass is 16.3. The van der Waals surface area contributed by atoms with Crippen LogP contribution in [-0.4, -0.2) is 22.0 Å². The summed E-state index contributed by atoms with van der Waals surface area (Å²) in [6, 6.07) is 4.04. The summed E-state index contributed by atoms with van der Waals surface area (Å²) in [6.45, 7) is 3.59. The van der Waals surface area contributed by atoms with Gasteiger partial charge in [0, 0.05) is 17.8 Å². The first-order valence-corrected chi connectivity index (χ1v) is 6.16. The van der Waals surface area contributed by atoms with Crippen molar-refractivity contribution in [2.24, 2.45) is 11.8 Å². The number of pyridine rings is 1. The van der Waals surface area contributed by atoms with Gasteiger partial charge in [0.25, 0.3) is 0 Å². The highest BCUT2D eigenvalue weighted by Crippen LogP contribution is 2.34. The molecule has 1 aromatic heterocycles. The molecule has 1 unspecified atom stereocenters. The molecule has 2 rings (SSSR count). The molecule has 17 heavy (non-hydrogen) atoms. The van der Waals surface area contributed by atoms with Crippen molar-refractivity contribution in [3.63, 3.8) is 0 Å². The molecule has 0 amide bonds. The minimum Gasteiger partial charge on any atom is -0.393 e. The topological polar surface area (TPSA) is 50.2 Å². The fourth-order valence-electron chi connectivity index (χ4n) is 2.69. The summed E-state index contributed by atoms with van der Waals surface area (Å²) >= 11 is 0. The number of hydrogen-bond acceptors (Lipinski definition) is 3. The molecule has 1 N–H and O–H groups in total. The molecular weight excluding hydrogens is 214 g/mol. The van der Waals surface area contributed by atoms with Crippen molar-refractivity contribution < 1.29 is 9.90 Å². The van der Waals surface area contributed by atoms with Crippen LogP contribution in [0.5, 0.6) is 0 Å². The highest BCUT2D eigenvalue weighted by Gasteiger charge is 2.34. The molecule has 1 heterocycles. The van der Waals surface area contributed by atoms with Gasteiger partial charge in [-0.3, -0.25) is 9.78 Å². The number of carbonyl (C=O) groups is 1. The Bertz CT molecular complexity index is 416. The lowest BCUT2D eigenvalue weighted by atomic mass is 9.95. The number of aliphatic hydroxyl groups is 1. The number of aromatic nitrogens is 1. The SMILES string of the molecule is CC(=O)[C@@H]1CC(O)[C@@H](Cc2ccnc(C)c2)C1. The average molecular weight is 233 g/mol. The van der Waals surface area contributed by atoms with E-state index in [-0.39, 0.29) is 23.7 Å². The third kappa shape index (κ3) is 2.91. The van der Waals surface area contributed by atoms with E-state index in [9.17, 15) is 9.90 Å². The Morgan fingerprint density at radius 1 is 1.53 bits per heavy atom. The lowest BCUT2D eigenvalue weighted by Gasteiger charge is -2.14. The number of aryl methyl sites for hydroxylation is 1. The van der Waals surface area contributed by atoms with E-state index < -0.39 is 0 Å². The van der Waals surface area contributed by atoms with Crippen molar-refractivity contribution >= 4 is 5.78 Å². The van der Waals surface area contributed by atoms with Gasteiger partial charge in [0.1, 0.15) is 5.78 Å². The van der Waals surface area contributed by atoms with Crippen LogP contribution in [0.4, 0.5) is 0 Å². The highest BCUT2D eigenvalue weighted by molar-refractivity contribution is 5.78. The summed E-state index contributed by atoms with van der Waals surface area (Å²) < 4.78 is 0. The van der Waals surface area contributed by atoms with Crippen molar-refractivity contribution in [1.82, 2.24) is 4.98 Å². The van der Waals surface area contributed by atoms with Gasteiger partial charge in [-0.25, -0.2) is 0 Å². The number of nitrogens with zero attached hydrogens (tertiary/aromatic N) is 1. The Labute approximate surface area is 102 Å². The molecule has 0 aliphatic heterocycles. The molecule has 1 aliphatic carbocycles. The molecule has 1 aromatic rings. The van der Waals surface area contributed by atoms with Crippen molar-refractivity contribution in [2.75, 3.05) is 0 Å². The minimum atomic E-state index is -0.336. The number of ketones is 1. The number of aliphatic hydroxyl groups excluding tert-OH is 1. The summed E-state index contributed by atoms with van der Waals surface area (Å²) in [5, 5.41) is 9.97. The van der Waals surface area contributed by atoms with Gasteiger partial charge in [-0.05, 0) is 56.7 Å². The fraction of sp³-hybridized carbons (Fsp3) is 0.571. The van der Waals surface area contributed by atoms with E-state index in [0.29, 0.717) is 6.42 Å². The molecule has 3 atom stereocenters. The molecule has 0 bridgehead atoms. The van der Waals surface area contributed by atoms with Gasteiger partial charge >= 0.3 is 0 Å². The Kier molecular flexibility index (Phi) is 3.57. The lowest BCUT2D eigenvalue weighted by molar-refractivity contribution is -0.120. The Morgan fingerprint density at radius 2 is 2.29 bits per heavy atom. The van der Waals surface area contributed by atoms with Crippen LogP contribution in [0.25, 0.3) is 0 Å². The summed E-state index contributed by atoms with van der Waals surface area (Å²) in [5.41, 5.74) is 2.20. The van der Waals surface area contributed by atoms with Crippen molar-refractivity contribution in [2.45, 2.75) is 39.2 Å². The van der Waals surface area contributed by atoms with Crippen LogP contribution in [0.2, 0.25) is 0 Å². The molecule has 0 spiro atoms. The largest absolute Gasteiger partial charge is 0.393 e. The van der Waals surface area contributed by atoms with Gasteiger partial charge in [-0.2, -0.15) is 0 Å². The van der Waals surface area contributed by atoms with E-state index >= 15 is 0 Å². The van der Waals surface area contributed by atoms with Crippen molar-refractivity contribution in [3.8, 4) is 0 Å². The van der Waals surface area contributed by atoms with E-state index in [0.717, 1.165) is 18.5 Å². The summed E-state index contributed by atoms with van der Waals surface area (Å²) in [5.74, 6) is 0.473. The predicted octanol–water partition coefficient (Wildman–Crippen LogP) is 1.91. The Morgan fingerprint density at radius 3 is 2.88 bits per heavy atom. The first kappa shape index (κ1) is 12.2. The number of hydrogen-bond donors (Lipinski definition) is 1. The molecule has 3 nitrogen and oxygen atoms in total. The maximum atomic E-state index is 11.3. The van der Waals surface area contributed by atoms with Gasteiger partial charge in [0.2, 0.25) is 0 Å². The second kappa shape index (κ2) is 4.96. The first-order chi connectivity index (χ1) is 8.06. The zero-order valence-corrected chi connectivity index (χ0v) is 10.4. The minimum absolute atomic E-state index is 0.0536. The normalized spacial score (nSPS) is 28.3. The Balaban J connectivity index is 2.02. The zero-order valence-electron chi connectivity index (χ0n) is 10.4. The fourth-order valence-corrected chi connectivity index (χ4v) is 2.69. The average Bonchev–Trinajstić information content (AvgIpc) is 2.61. The standard InChI is InChI=1S/C14H19NO2/c1-9-5-11(3-4-15-9)6-13-7-12(10(2)16)8-14(13)17/h3-5,12-14,17H,6-8H2,1-2H3/t12-,13-,14?/m0/s1. The van der Waals surface area contributed by atoms with Crippen LogP contribution in [-0.2, 0) is 11.2 Å². The van der Waals surface area contributed by atoms with E-state index in [1.165, 1.54) is 5.56 Å². The predicted molar refractivity (Wildman–Crippen MR) is 65.6 cm³/mol. The van der Waals surface area contributed by atoms with Crippen LogP contribution in [0.3, 0.4) is 0 Å². The van der Waals surface area contributed by atoms with Gasteiger partial charge < -0.3 is 5.11 Å². The second-order valence-corrected chi connectivity index (χ2v) is 5.12. The Hall–Kier alpha value is -1.22. The summed E-state index contributed by atoms with van der Waals surface area (Å²) in [7, 11) is 0. The van der Waals surface area contributed by atoms with E-state index in [1.807, 2.05) is 19.1 Å². The molecule has 0 aromatic carbocycles. The molecule has 92 valence electrons. The van der Waals surface area contributed by atoms with E-state index in [4.69, 9.17) is 0 Å². The summed E-state index contributed by atoms with van der Waals surface area (Å²) in [4.78, 5) is 15.5. The van der Waals surface area contributed by atoms with Gasteiger partial charge in [0.15, 0.2) is 0 Å². The van der Waals surface area contributed by atoms with Crippen LogP contribution in [0, 0.1) is 18.8 Å². The lowest BCUT2D eigenvalue weighted by Crippen LogP contribution is -2.15. The van der Waals surface area contributed by atoms with Gasteiger partial charge in [-0.1, -0.05) is 0 Å². The molecule has 0 saturated heterocycles. The quantitative estimate of drug-likeness (QED) is 0.867. The maximum absolute atomic E-state index is 11.3. The number of carbonyl (C=O) groups excluding carboxylic acids is 1. The van der Waals surface area contributed by atoms with E-state index in [1.54, 1.807) is 13.1 Å². The number of Topliss-reactive ketones (excluding diaryl/α,β-unsaturated/α-hetero) is 1. The first-order valence-electron chi connectivity index (χ1n) is 6.16. The maximum Gasteiger partial charge on any atom is 0.133 e. The van der Waals surface area contributed by atoms with Crippen molar-refractivity contribution in [1.29, 1.82) is 0 Å². The zero-order chi connectivity index (χ0) is 12.4. The smallest absolute Gasteiger partial charge is 0.133 e. The van der Waals surface area contributed by atoms with Gasteiger partial charge in [-0.15, -0.1) is 0 Å². The third-order valence-electron chi connectivity index (χ3n) is 3.69. The van der Waals surface area contributed by atoms with Crippen LogP contribution < -0.4 is 0 Å². The molecule has 1 fully saturated rings. The van der Waals surface area contributed by atoms with Crippen LogP contribution >= 0.6 is 0 Å². The van der Waals surface area contributed by atoms with E-state index in [2.05, 4.69) is 4.98 Å². The number of rotatable bonds is 3. The third-order valence-corrected chi connectivity index (χ3v) is 3.69.